The van der Waals surface area contributed by atoms with Crippen molar-refractivity contribution in [2.45, 2.75) is 5.37 Å². The van der Waals surface area contributed by atoms with Crippen LogP contribution in [-0.4, -0.2) is 44.4 Å². The molecular formula is C19H21NO4S2. The number of hydrogen-bond acceptors (Lipinski definition) is 6. The summed E-state index contributed by atoms with van der Waals surface area (Å²) in [6, 6.07) is 5.72. The fourth-order valence-corrected chi connectivity index (χ4v) is 4.87. The summed E-state index contributed by atoms with van der Waals surface area (Å²) in [6.45, 7) is 0.754. The fourth-order valence-electron chi connectivity index (χ4n) is 2.85. The highest BCUT2D eigenvalue weighted by molar-refractivity contribution is 7.99. The number of thioether (sulfide) groups is 1. The van der Waals surface area contributed by atoms with Crippen molar-refractivity contribution < 1.29 is 19.0 Å². The third-order valence-electron chi connectivity index (χ3n) is 4.11. The number of carbonyl (C=O) groups excluding carboxylic acids is 1. The van der Waals surface area contributed by atoms with Crippen LogP contribution in [0.2, 0.25) is 0 Å². The van der Waals surface area contributed by atoms with Crippen LogP contribution in [0.25, 0.3) is 6.08 Å². The lowest BCUT2D eigenvalue weighted by Crippen LogP contribution is -2.28. The monoisotopic (exact) mass is 391 g/mol. The maximum absolute atomic E-state index is 12.7. The smallest absolute Gasteiger partial charge is 0.247 e. The molecule has 1 aliphatic heterocycles. The molecule has 0 aliphatic carbocycles. The Labute approximate surface area is 161 Å². The van der Waals surface area contributed by atoms with Gasteiger partial charge in [0.25, 0.3) is 0 Å². The fraction of sp³-hybridized carbons (Fsp3) is 0.316. The molecule has 0 unspecified atom stereocenters. The van der Waals surface area contributed by atoms with Gasteiger partial charge >= 0.3 is 0 Å². The minimum atomic E-state index is -0.0000447. The molecule has 7 heteroatoms. The van der Waals surface area contributed by atoms with Crippen LogP contribution in [0, 0.1) is 0 Å². The van der Waals surface area contributed by atoms with Crippen molar-refractivity contribution >= 4 is 35.1 Å². The van der Waals surface area contributed by atoms with Gasteiger partial charge in [0, 0.05) is 18.4 Å². The van der Waals surface area contributed by atoms with Gasteiger partial charge in [-0.25, -0.2) is 0 Å². The summed E-state index contributed by atoms with van der Waals surface area (Å²) in [5.41, 5.74) is 2.00. The minimum Gasteiger partial charge on any atom is -0.493 e. The number of hydrogen-bond donors (Lipinski definition) is 0. The van der Waals surface area contributed by atoms with Gasteiger partial charge in [-0.05, 0) is 46.2 Å². The SMILES string of the molecule is COc1cc(/C=C/C(=O)N2CCS[C@@H]2c2ccsc2)cc(OC)c1OC. The predicted molar refractivity (Wildman–Crippen MR) is 106 cm³/mol. The Morgan fingerprint density at radius 2 is 1.92 bits per heavy atom. The van der Waals surface area contributed by atoms with Gasteiger partial charge in [-0.1, -0.05) is 0 Å². The Hall–Kier alpha value is -2.12. The summed E-state index contributed by atoms with van der Waals surface area (Å²) < 4.78 is 16.0. The molecule has 0 radical (unpaired) electrons. The highest BCUT2D eigenvalue weighted by Gasteiger charge is 2.29. The summed E-state index contributed by atoms with van der Waals surface area (Å²) in [7, 11) is 4.71. The maximum atomic E-state index is 12.7. The van der Waals surface area contributed by atoms with Crippen LogP contribution >= 0.6 is 23.1 Å². The van der Waals surface area contributed by atoms with E-state index in [2.05, 4.69) is 11.4 Å². The molecule has 0 bridgehead atoms. The Kier molecular flexibility index (Phi) is 6.11. The van der Waals surface area contributed by atoms with Gasteiger partial charge in [0.2, 0.25) is 11.7 Å². The van der Waals surface area contributed by atoms with Crippen molar-refractivity contribution in [1.82, 2.24) is 4.90 Å². The highest BCUT2D eigenvalue weighted by Crippen LogP contribution is 2.40. The largest absolute Gasteiger partial charge is 0.493 e. The van der Waals surface area contributed by atoms with E-state index in [9.17, 15) is 4.79 Å². The van der Waals surface area contributed by atoms with E-state index in [4.69, 9.17) is 14.2 Å². The Bertz CT molecular complexity index is 764. The molecule has 1 aromatic heterocycles. The van der Waals surface area contributed by atoms with E-state index < -0.39 is 0 Å². The number of thiophene rings is 1. The van der Waals surface area contributed by atoms with Crippen molar-refractivity contribution in [3.05, 3.63) is 46.2 Å². The highest BCUT2D eigenvalue weighted by atomic mass is 32.2. The summed E-state index contributed by atoms with van der Waals surface area (Å²) in [4.78, 5) is 14.6. The molecule has 1 amide bonds. The normalized spacial score (nSPS) is 16.9. The van der Waals surface area contributed by atoms with E-state index in [1.807, 2.05) is 22.4 Å². The topological polar surface area (TPSA) is 48.0 Å². The third-order valence-corrected chi connectivity index (χ3v) is 6.07. The summed E-state index contributed by atoms with van der Waals surface area (Å²) in [5, 5.41) is 4.24. The molecule has 1 aromatic carbocycles. The summed E-state index contributed by atoms with van der Waals surface area (Å²) in [5.74, 6) is 2.61. The van der Waals surface area contributed by atoms with E-state index in [1.54, 1.807) is 56.6 Å². The van der Waals surface area contributed by atoms with Crippen LogP contribution in [0.5, 0.6) is 17.2 Å². The van der Waals surface area contributed by atoms with Crippen molar-refractivity contribution in [2.75, 3.05) is 33.6 Å². The number of methoxy groups -OCH3 is 3. The number of carbonyl (C=O) groups is 1. The average Bonchev–Trinajstić information content (AvgIpc) is 3.35. The van der Waals surface area contributed by atoms with Gasteiger partial charge in [0.1, 0.15) is 5.37 Å². The van der Waals surface area contributed by atoms with E-state index >= 15 is 0 Å². The molecule has 1 aliphatic rings. The van der Waals surface area contributed by atoms with Gasteiger partial charge in [0.15, 0.2) is 11.5 Å². The van der Waals surface area contributed by atoms with Crippen LogP contribution in [0.1, 0.15) is 16.5 Å². The minimum absolute atomic E-state index is 0.0000447. The molecular weight excluding hydrogens is 370 g/mol. The third kappa shape index (κ3) is 3.83. The van der Waals surface area contributed by atoms with Crippen LogP contribution < -0.4 is 14.2 Å². The summed E-state index contributed by atoms with van der Waals surface area (Å²) >= 11 is 3.45. The molecule has 1 atom stereocenters. The van der Waals surface area contributed by atoms with Crippen LogP contribution in [0.3, 0.4) is 0 Å². The van der Waals surface area contributed by atoms with E-state index in [0.717, 1.165) is 17.9 Å². The van der Waals surface area contributed by atoms with Gasteiger partial charge in [-0.3, -0.25) is 4.79 Å². The van der Waals surface area contributed by atoms with Gasteiger partial charge in [0.05, 0.1) is 21.3 Å². The van der Waals surface area contributed by atoms with E-state index in [1.165, 1.54) is 5.56 Å². The lowest BCUT2D eigenvalue weighted by Gasteiger charge is -2.21. The van der Waals surface area contributed by atoms with E-state index in [-0.39, 0.29) is 11.3 Å². The number of ether oxygens (including phenoxy) is 3. The zero-order valence-corrected chi connectivity index (χ0v) is 16.6. The standard InChI is InChI=1S/C19H21NO4S2/c1-22-15-10-13(11-16(23-2)18(15)24-3)4-5-17(21)20-7-9-26-19(20)14-6-8-25-12-14/h4-6,8,10-12,19H,7,9H2,1-3H3/b5-4+/t19-/m1/s1. The first-order valence-corrected chi connectivity index (χ1v) is 10.1. The molecule has 0 saturated carbocycles. The molecule has 26 heavy (non-hydrogen) atoms. The first-order valence-electron chi connectivity index (χ1n) is 8.10. The molecule has 1 saturated heterocycles. The zero-order valence-electron chi connectivity index (χ0n) is 14.9. The first kappa shape index (κ1) is 18.7. The first-order chi connectivity index (χ1) is 12.7. The van der Waals surface area contributed by atoms with Crippen molar-refractivity contribution in [2.24, 2.45) is 0 Å². The second-order valence-electron chi connectivity index (χ2n) is 5.60. The maximum Gasteiger partial charge on any atom is 0.247 e. The van der Waals surface area contributed by atoms with Crippen molar-refractivity contribution in [3.8, 4) is 17.2 Å². The van der Waals surface area contributed by atoms with Crippen LogP contribution in [0.15, 0.2) is 35.0 Å². The van der Waals surface area contributed by atoms with E-state index in [0.29, 0.717) is 17.2 Å². The molecule has 2 aromatic rings. The van der Waals surface area contributed by atoms with Crippen LogP contribution in [0.4, 0.5) is 0 Å². The predicted octanol–water partition coefficient (Wildman–Crippen LogP) is 4.06. The van der Waals surface area contributed by atoms with Gasteiger partial charge in [-0.2, -0.15) is 11.3 Å². The number of rotatable bonds is 6. The molecule has 138 valence electrons. The molecule has 0 spiro atoms. The molecule has 1 fully saturated rings. The molecule has 5 nitrogen and oxygen atoms in total. The second-order valence-corrected chi connectivity index (χ2v) is 7.57. The molecule has 2 heterocycles. The Balaban J connectivity index is 1.80. The van der Waals surface area contributed by atoms with Crippen LogP contribution in [-0.2, 0) is 4.79 Å². The number of benzene rings is 1. The lowest BCUT2D eigenvalue weighted by molar-refractivity contribution is -0.126. The lowest BCUT2D eigenvalue weighted by atomic mass is 10.1. The van der Waals surface area contributed by atoms with Crippen molar-refractivity contribution in [1.29, 1.82) is 0 Å². The zero-order chi connectivity index (χ0) is 18.5. The quantitative estimate of drug-likeness (QED) is 0.695. The number of amides is 1. The Morgan fingerprint density at radius 3 is 2.50 bits per heavy atom. The molecule has 0 N–H and O–H groups in total. The average molecular weight is 392 g/mol. The van der Waals surface area contributed by atoms with Crippen molar-refractivity contribution in [3.63, 3.8) is 0 Å². The summed E-state index contributed by atoms with van der Waals surface area (Å²) in [6.07, 6.45) is 3.38. The Morgan fingerprint density at radius 1 is 1.19 bits per heavy atom. The second kappa shape index (κ2) is 8.51. The van der Waals surface area contributed by atoms with Gasteiger partial charge in [-0.15, -0.1) is 11.8 Å². The van der Waals surface area contributed by atoms with Gasteiger partial charge < -0.3 is 19.1 Å². The molecule has 3 rings (SSSR count). The number of nitrogens with zero attached hydrogens (tertiary/aromatic N) is 1.